The summed E-state index contributed by atoms with van der Waals surface area (Å²) in [5, 5.41) is 0.514. The van der Waals surface area contributed by atoms with Crippen LogP contribution in [0.2, 0.25) is 5.02 Å². The maximum absolute atomic E-state index is 13.1. The molecule has 0 aromatic heterocycles. The number of rotatable bonds is 2. The van der Waals surface area contributed by atoms with Gasteiger partial charge in [-0.25, -0.2) is 8.78 Å². The van der Waals surface area contributed by atoms with Crippen LogP contribution in [0.3, 0.4) is 0 Å². The fourth-order valence-electron chi connectivity index (χ4n) is 2.07. The van der Waals surface area contributed by atoms with E-state index in [1.54, 1.807) is 12.1 Å². The smallest absolute Gasteiger partial charge is 0.126 e. The van der Waals surface area contributed by atoms with Gasteiger partial charge in [0.2, 0.25) is 0 Å². The van der Waals surface area contributed by atoms with Crippen LogP contribution in [0.25, 0.3) is 0 Å². The molecule has 128 valence electrons. The molecule has 23 heavy (non-hydrogen) atoms. The molecule has 2 rings (SSSR count). The number of hydrogen-bond donors (Lipinski definition) is 0. The highest BCUT2D eigenvalue weighted by Crippen LogP contribution is 2.24. The van der Waals surface area contributed by atoms with Crippen LogP contribution in [-0.2, 0) is 0 Å². The Morgan fingerprint density at radius 2 is 1.35 bits per heavy atom. The van der Waals surface area contributed by atoms with Crippen molar-refractivity contribution in [2.75, 3.05) is 0 Å². The number of hydrogen-bond acceptors (Lipinski definition) is 0. The number of halogens is 3. The molecule has 0 fully saturated rings. The largest absolute Gasteiger partial charge is 0.207 e. The summed E-state index contributed by atoms with van der Waals surface area (Å²) < 4.78 is 25.6. The maximum Gasteiger partial charge on any atom is 0.126 e. The van der Waals surface area contributed by atoms with Crippen molar-refractivity contribution in [3.05, 3.63) is 69.7 Å². The van der Waals surface area contributed by atoms with E-state index in [0.29, 0.717) is 10.9 Å². The second-order valence-electron chi connectivity index (χ2n) is 6.00. The van der Waals surface area contributed by atoms with E-state index in [1.165, 1.54) is 12.1 Å². The molecule has 3 heteroatoms. The molecule has 0 unspecified atom stereocenters. The van der Waals surface area contributed by atoms with Crippen molar-refractivity contribution >= 4 is 11.6 Å². The summed E-state index contributed by atoms with van der Waals surface area (Å²) in [6.07, 6.45) is 0. The molecule has 0 aliphatic heterocycles. The average molecular weight is 341 g/mol. The minimum Gasteiger partial charge on any atom is -0.207 e. The Kier molecular flexibility index (Phi) is 9.07. The molecule has 0 saturated carbocycles. The first-order valence-electron chi connectivity index (χ1n) is 7.43. The highest BCUT2D eigenvalue weighted by atomic mass is 35.5. The van der Waals surface area contributed by atoms with Gasteiger partial charge >= 0.3 is 0 Å². The van der Waals surface area contributed by atoms with Crippen LogP contribution >= 0.6 is 11.6 Å². The Balaban J connectivity index is 0.000000403. The van der Waals surface area contributed by atoms with Gasteiger partial charge in [-0.3, -0.25) is 0 Å². The fourth-order valence-corrected chi connectivity index (χ4v) is 2.46. The van der Waals surface area contributed by atoms with E-state index in [-0.39, 0.29) is 25.0 Å². The van der Waals surface area contributed by atoms with Crippen molar-refractivity contribution in [2.45, 2.75) is 53.9 Å². The van der Waals surface area contributed by atoms with Gasteiger partial charge < -0.3 is 0 Å². The Morgan fingerprint density at radius 1 is 0.826 bits per heavy atom. The van der Waals surface area contributed by atoms with E-state index in [4.69, 9.17) is 11.6 Å². The zero-order valence-corrected chi connectivity index (χ0v) is 14.5. The molecular formula is C20H27ClF2. The van der Waals surface area contributed by atoms with Gasteiger partial charge in [0.15, 0.2) is 0 Å². The summed E-state index contributed by atoms with van der Waals surface area (Å²) >= 11 is 5.78. The summed E-state index contributed by atoms with van der Waals surface area (Å²) in [7, 11) is 0. The molecule has 2 aromatic carbocycles. The molecule has 0 heterocycles. The Labute approximate surface area is 144 Å². The van der Waals surface area contributed by atoms with Crippen LogP contribution in [-0.4, -0.2) is 0 Å². The highest BCUT2D eigenvalue weighted by Gasteiger charge is 2.05. The Hall–Kier alpha value is -1.41. The van der Waals surface area contributed by atoms with Gasteiger partial charge in [0, 0.05) is 5.02 Å². The fraction of sp³-hybridized carbons (Fsp3) is 0.400. The van der Waals surface area contributed by atoms with Crippen molar-refractivity contribution in [3.63, 3.8) is 0 Å². The second-order valence-corrected chi connectivity index (χ2v) is 6.41. The average Bonchev–Trinajstić information content (AvgIpc) is 2.38. The highest BCUT2D eigenvalue weighted by molar-refractivity contribution is 6.31. The first-order chi connectivity index (χ1) is 10.2. The molecule has 0 nitrogen and oxygen atoms in total. The maximum atomic E-state index is 13.1. The summed E-state index contributed by atoms with van der Waals surface area (Å²) in [6, 6.07) is 9.88. The molecule has 0 radical (unpaired) electrons. The van der Waals surface area contributed by atoms with Crippen LogP contribution in [0, 0.1) is 18.6 Å². The third-order valence-electron chi connectivity index (χ3n) is 3.36. The lowest BCUT2D eigenvalue weighted by atomic mass is 10.0. The van der Waals surface area contributed by atoms with Crippen molar-refractivity contribution in [2.24, 2.45) is 0 Å². The summed E-state index contributed by atoms with van der Waals surface area (Å²) in [5.41, 5.74) is 2.77. The van der Waals surface area contributed by atoms with Crippen LogP contribution < -0.4 is 0 Å². The molecular weight excluding hydrogens is 314 g/mol. The molecule has 0 saturated heterocycles. The molecule has 0 atom stereocenters. The Morgan fingerprint density at radius 3 is 1.78 bits per heavy atom. The van der Waals surface area contributed by atoms with Crippen molar-refractivity contribution in [1.29, 1.82) is 0 Å². The van der Waals surface area contributed by atoms with E-state index in [1.807, 2.05) is 46.8 Å². The van der Waals surface area contributed by atoms with Crippen molar-refractivity contribution < 1.29 is 8.78 Å². The summed E-state index contributed by atoms with van der Waals surface area (Å²) in [5.74, 6) is 0.262. The topological polar surface area (TPSA) is 0 Å². The normalized spacial score (nSPS) is 10.2. The number of aryl methyl sites for hydroxylation is 1. The SMILES string of the molecule is C.CC(C)c1ccc(F)cc1Cl.Cc1ccc(C(C)C)c(F)c1. The van der Waals surface area contributed by atoms with Crippen LogP contribution in [0.5, 0.6) is 0 Å². The van der Waals surface area contributed by atoms with Crippen LogP contribution in [0.15, 0.2) is 36.4 Å². The standard InChI is InChI=1S/C10H13F.C9H10ClF.CH4/c1-7(2)9-5-4-8(3)6-10(9)11;1-6(2)8-4-3-7(11)5-9(8)10;/h4-7H,1-3H3;3-6H,1-2H3;1H4. The minimum atomic E-state index is -0.278. The van der Waals surface area contributed by atoms with Gasteiger partial charge in [0.05, 0.1) is 0 Å². The van der Waals surface area contributed by atoms with Gasteiger partial charge in [-0.2, -0.15) is 0 Å². The third kappa shape index (κ3) is 6.70. The van der Waals surface area contributed by atoms with Gasteiger partial charge in [0.25, 0.3) is 0 Å². The van der Waals surface area contributed by atoms with Gasteiger partial charge in [-0.05, 0) is 53.6 Å². The third-order valence-corrected chi connectivity index (χ3v) is 3.69. The lowest BCUT2D eigenvalue weighted by Gasteiger charge is -2.06. The lowest BCUT2D eigenvalue weighted by molar-refractivity contribution is 0.597. The van der Waals surface area contributed by atoms with Crippen LogP contribution in [0.4, 0.5) is 8.78 Å². The van der Waals surface area contributed by atoms with Crippen molar-refractivity contribution in [1.82, 2.24) is 0 Å². The van der Waals surface area contributed by atoms with E-state index >= 15 is 0 Å². The second kappa shape index (κ2) is 9.67. The van der Waals surface area contributed by atoms with Crippen molar-refractivity contribution in [3.8, 4) is 0 Å². The lowest BCUT2D eigenvalue weighted by Crippen LogP contribution is -1.92. The Bertz CT molecular complexity index is 564. The molecule has 0 aliphatic rings. The zero-order chi connectivity index (χ0) is 16.9. The first kappa shape index (κ1) is 21.6. The quantitative estimate of drug-likeness (QED) is 0.531. The van der Waals surface area contributed by atoms with E-state index in [2.05, 4.69) is 0 Å². The van der Waals surface area contributed by atoms with E-state index in [0.717, 1.165) is 16.7 Å². The van der Waals surface area contributed by atoms with Gasteiger partial charge in [0.1, 0.15) is 11.6 Å². The minimum absolute atomic E-state index is 0. The molecule has 0 bridgehead atoms. The molecule has 0 N–H and O–H groups in total. The molecule has 2 aromatic rings. The van der Waals surface area contributed by atoms with Crippen LogP contribution in [0.1, 0.15) is 63.6 Å². The first-order valence-corrected chi connectivity index (χ1v) is 7.81. The van der Waals surface area contributed by atoms with Gasteiger partial charge in [-0.1, -0.05) is 64.9 Å². The monoisotopic (exact) mass is 340 g/mol. The molecule has 0 aliphatic carbocycles. The number of benzene rings is 2. The predicted molar refractivity (Wildman–Crippen MR) is 97.5 cm³/mol. The summed E-state index contributed by atoms with van der Waals surface area (Å²) in [4.78, 5) is 0. The molecule has 0 spiro atoms. The van der Waals surface area contributed by atoms with E-state index in [9.17, 15) is 8.78 Å². The zero-order valence-electron chi connectivity index (χ0n) is 13.8. The van der Waals surface area contributed by atoms with Gasteiger partial charge in [-0.15, -0.1) is 0 Å². The summed E-state index contributed by atoms with van der Waals surface area (Å²) in [6.45, 7) is 9.94. The molecule has 0 amide bonds. The van der Waals surface area contributed by atoms with E-state index < -0.39 is 0 Å². The predicted octanol–water partition coefficient (Wildman–Crippen LogP) is 7.50.